The molecular formula is C18H18N4O8S. The smallest absolute Gasteiger partial charge is 0.299 e. The van der Waals surface area contributed by atoms with Crippen LogP contribution in [0.4, 0.5) is 17.1 Å². The molecule has 0 atom stereocenters. The molecule has 1 heterocycles. The SMILES string of the molecule is O=C(CNc1ccc([N+](=O)[O-])cc1[N+](=O)[O-])c1cccc(S(=O)(=O)N2CCOCC2)c1. The van der Waals surface area contributed by atoms with Crippen molar-refractivity contribution in [3.63, 3.8) is 0 Å². The van der Waals surface area contributed by atoms with E-state index >= 15 is 0 Å². The maximum absolute atomic E-state index is 12.8. The molecule has 13 heteroatoms. The van der Waals surface area contributed by atoms with Crippen LogP contribution in [-0.4, -0.2) is 61.2 Å². The lowest BCUT2D eigenvalue weighted by Gasteiger charge is -2.26. The van der Waals surface area contributed by atoms with E-state index in [1.165, 1.54) is 28.6 Å². The van der Waals surface area contributed by atoms with E-state index in [1.54, 1.807) is 0 Å². The number of carbonyl (C=O) groups is 1. The number of anilines is 1. The van der Waals surface area contributed by atoms with Crippen molar-refractivity contribution in [1.82, 2.24) is 4.31 Å². The zero-order chi connectivity index (χ0) is 22.6. The summed E-state index contributed by atoms with van der Waals surface area (Å²) in [4.78, 5) is 33.0. The van der Waals surface area contributed by atoms with E-state index in [2.05, 4.69) is 5.32 Å². The number of nitrogens with zero attached hydrogens (tertiary/aromatic N) is 3. The van der Waals surface area contributed by atoms with E-state index in [-0.39, 0.29) is 49.0 Å². The van der Waals surface area contributed by atoms with Gasteiger partial charge >= 0.3 is 0 Å². The quantitative estimate of drug-likeness (QED) is 0.359. The van der Waals surface area contributed by atoms with Gasteiger partial charge in [-0.15, -0.1) is 0 Å². The summed E-state index contributed by atoms with van der Waals surface area (Å²) in [7, 11) is -3.79. The molecule has 0 saturated carbocycles. The van der Waals surface area contributed by atoms with Crippen molar-refractivity contribution < 1.29 is 27.8 Å². The summed E-state index contributed by atoms with van der Waals surface area (Å²) in [5.74, 6) is -0.508. The first-order valence-corrected chi connectivity index (χ1v) is 10.5. The Labute approximate surface area is 176 Å². The van der Waals surface area contributed by atoms with Crippen LogP contribution in [-0.2, 0) is 14.8 Å². The van der Waals surface area contributed by atoms with Crippen molar-refractivity contribution in [3.8, 4) is 0 Å². The Bertz CT molecular complexity index is 1130. The standard InChI is InChI=1S/C18H18N4O8S/c23-18(12-19-16-5-4-14(21(24)25)11-17(16)22(26)27)13-2-1-3-15(10-13)31(28,29)20-6-8-30-9-7-20/h1-5,10-11,19H,6-9,12H2. The molecule has 1 saturated heterocycles. The molecule has 0 aliphatic carbocycles. The number of nitrogens with one attached hydrogen (secondary N) is 1. The van der Waals surface area contributed by atoms with Crippen LogP contribution in [0.3, 0.4) is 0 Å². The van der Waals surface area contributed by atoms with Crippen LogP contribution in [0.15, 0.2) is 47.4 Å². The molecule has 1 aliphatic rings. The Morgan fingerprint density at radius 1 is 1.06 bits per heavy atom. The van der Waals surface area contributed by atoms with Gasteiger partial charge in [-0.3, -0.25) is 25.0 Å². The molecule has 2 aromatic rings. The first kappa shape index (κ1) is 22.3. The van der Waals surface area contributed by atoms with Gasteiger partial charge in [0.2, 0.25) is 10.0 Å². The number of nitro benzene ring substituents is 2. The lowest BCUT2D eigenvalue weighted by atomic mass is 10.1. The average molecular weight is 450 g/mol. The fraction of sp³-hybridized carbons (Fsp3) is 0.278. The second-order valence-corrected chi connectivity index (χ2v) is 8.47. The second-order valence-electron chi connectivity index (χ2n) is 6.54. The highest BCUT2D eigenvalue weighted by Crippen LogP contribution is 2.29. The molecule has 1 aliphatic heterocycles. The van der Waals surface area contributed by atoms with E-state index in [4.69, 9.17) is 4.74 Å². The molecule has 0 unspecified atom stereocenters. The molecule has 0 radical (unpaired) electrons. The van der Waals surface area contributed by atoms with Gasteiger partial charge in [0.05, 0.1) is 40.6 Å². The fourth-order valence-corrected chi connectivity index (χ4v) is 4.43. The number of non-ortho nitro benzene ring substituents is 1. The van der Waals surface area contributed by atoms with Crippen molar-refractivity contribution in [2.75, 3.05) is 38.2 Å². The summed E-state index contributed by atoms with van der Waals surface area (Å²) in [6, 6.07) is 8.53. The number of benzene rings is 2. The van der Waals surface area contributed by atoms with Crippen LogP contribution < -0.4 is 5.32 Å². The molecule has 1 N–H and O–H groups in total. The number of ketones is 1. The molecule has 1 fully saturated rings. The van der Waals surface area contributed by atoms with Crippen molar-refractivity contribution >= 4 is 32.9 Å². The Morgan fingerprint density at radius 3 is 2.42 bits per heavy atom. The predicted molar refractivity (Wildman–Crippen MR) is 109 cm³/mol. The third-order valence-corrected chi connectivity index (χ3v) is 6.49. The molecule has 3 rings (SSSR count). The highest BCUT2D eigenvalue weighted by molar-refractivity contribution is 7.89. The Morgan fingerprint density at radius 2 is 1.77 bits per heavy atom. The summed E-state index contributed by atoms with van der Waals surface area (Å²) in [6.45, 7) is 0.628. The van der Waals surface area contributed by atoms with Gasteiger partial charge in [0.1, 0.15) is 5.69 Å². The number of Topliss-reactive ketones (excluding diaryl/α,β-unsaturated/α-hetero) is 1. The second kappa shape index (κ2) is 9.16. The number of sulfonamides is 1. The van der Waals surface area contributed by atoms with E-state index in [0.29, 0.717) is 0 Å². The average Bonchev–Trinajstić information content (AvgIpc) is 2.77. The zero-order valence-corrected chi connectivity index (χ0v) is 16.9. The first-order valence-electron chi connectivity index (χ1n) is 9.08. The number of nitro groups is 2. The minimum Gasteiger partial charge on any atom is -0.379 e. The van der Waals surface area contributed by atoms with Crippen LogP contribution in [0.1, 0.15) is 10.4 Å². The van der Waals surface area contributed by atoms with Crippen LogP contribution in [0.25, 0.3) is 0 Å². The Balaban J connectivity index is 1.77. The minimum absolute atomic E-state index is 0.0402. The largest absolute Gasteiger partial charge is 0.379 e. The molecule has 2 aromatic carbocycles. The normalized spacial score (nSPS) is 14.7. The molecule has 0 bridgehead atoms. The summed E-state index contributed by atoms with van der Waals surface area (Å²) in [5.41, 5.74) is -0.970. The van der Waals surface area contributed by atoms with Crippen LogP contribution in [0.5, 0.6) is 0 Å². The van der Waals surface area contributed by atoms with Crippen molar-refractivity contribution in [2.24, 2.45) is 0 Å². The van der Waals surface area contributed by atoms with Gasteiger partial charge in [-0.25, -0.2) is 8.42 Å². The third-order valence-electron chi connectivity index (χ3n) is 4.59. The maximum atomic E-state index is 12.8. The molecule has 0 aromatic heterocycles. The van der Waals surface area contributed by atoms with Crippen LogP contribution in [0.2, 0.25) is 0 Å². The lowest BCUT2D eigenvalue weighted by Crippen LogP contribution is -2.40. The van der Waals surface area contributed by atoms with Gasteiger partial charge in [0, 0.05) is 24.7 Å². The molecule has 0 amide bonds. The predicted octanol–water partition coefficient (Wildman–Crippen LogP) is 1.82. The topological polar surface area (TPSA) is 162 Å². The van der Waals surface area contributed by atoms with Crippen LogP contribution >= 0.6 is 0 Å². The number of hydrogen-bond acceptors (Lipinski definition) is 9. The van der Waals surface area contributed by atoms with Crippen molar-refractivity contribution in [1.29, 1.82) is 0 Å². The summed E-state index contributed by atoms with van der Waals surface area (Å²) in [6.07, 6.45) is 0. The van der Waals surface area contributed by atoms with E-state index in [9.17, 15) is 33.4 Å². The Hall–Kier alpha value is -3.42. The Kier molecular flexibility index (Phi) is 6.58. The van der Waals surface area contributed by atoms with E-state index < -0.39 is 37.0 Å². The van der Waals surface area contributed by atoms with Gasteiger partial charge in [-0.2, -0.15) is 4.31 Å². The van der Waals surface area contributed by atoms with Gasteiger partial charge in [0.15, 0.2) is 5.78 Å². The maximum Gasteiger partial charge on any atom is 0.299 e. The summed E-state index contributed by atoms with van der Waals surface area (Å²) >= 11 is 0. The fourth-order valence-electron chi connectivity index (χ4n) is 2.98. The highest BCUT2D eigenvalue weighted by Gasteiger charge is 2.27. The minimum atomic E-state index is -3.79. The number of carbonyl (C=O) groups excluding carboxylic acids is 1. The van der Waals surface area contributed by atoms with Gasteiger partial charge in [-0.05, 0) is 18.2 Å². The molecule has 164 valence electrons. The molecular weight excluding hydrogens is 432 g/mol. The molecule has 12 nitrogen and oxygen atoms in total. The summed E-state index contributed by atoms with van der Waals surface area (Å²) < 4.78 is 32.0. The molecule has 31 heavy (non-hydrogen) atoms. The highest BCUT2D eigenvalue weighted by atomic mass is 32.2. The number of hydrogen-bond donors (Lipinski definition) is 1. The first-order chi connectivity index (χ1) is 14.7. The van der Waals surface area contributed by atoms with Gasteiger partial charge in [-0.1, -0.05) is 12.1 Å². The number of morpholine rings is 1. The monoisotopic (exact) mass is 450 g/mol. The molecule has 0 spiro atoms. The van der Waals surface area contributed by atoms with Crippen LogP contribution in [0, 0.1) is 20.2 Å². The number of ether oxygens (including phenoxy) is 1. The van der Waals surface area contributed by atoms with E-state index in [1.807, 2.05) is 0 Å². The van der Waals surface area contributed by atoms with Crippen molar-refractivity contribution in [3.05, 3.63) is 68.3 Å². The zero-order valence-electron chi connectivity index (χ0n) is 16.1. The van der Waals surface area contributed by atoms with Gasteiger partial charge < -0.3 is 10.1 Å². The number of rotatable bonds is 8. The summed E-state index contributed by atoms with van der Waals surface area (Å²) in [5, 5.41) is 24.6. The van der Waals surface area contributed by atoms with Crippen molar-refractivity contribution in [2.45, 2.75) is 4.90 Å². The lowest BCUT2D eigenvalue weighted by molar-refractivity contribution is -0.393. The van der Waals surface area contributed by atoms with E-state index in [0.717, 1.165) is 18.2 Å². The third kappa shape index (κ3) is 5.02. The van der Waals surface area contributed by atoms with Gasteiger partial charge in [0.25, 0.3) is 11.4 Å².